The molecule has 5 nitrogen and oxygen atoms in total. The molecule has 24 heavy (non-hydrogen) atoms. The molecule has 0 aliphatic heterocycles. The summed E-state index contributed by atoms with van der Waals surface area (Å²) in [7, 11) is 0. The number of nitrogens with two attached hydrogens (primary N) is 1. The van der Waals surface area contributed by atoms with Gasteiger partial charge in [0, 0.05) is 25.0 Å². The van der Waals surface area contributed by atoms with Gasteiger partial charge in [0.2, 0.25) is 0 Å². The zero-order chi connectivity index (χ0) is 17.5. The molecular formula is C19H27N5. The Hall–Kier alpha value is -2.56. The van der Waals surface area contributed by atoms with Gasteiger partial charge in [0.1, 0.15) is 5.82 Å². The molecule has 0 spiro atoms. The summed E-state index contributed by atoms with van der Waals surface area (Å²) in [5, 5.41) is 3.13. The van der Waals surface area contributed by atoms with E-state index >= 15 is 0 Å². The van der Waals surface area contributed by atoms with Gasteiger partial charge in [-0.1, -0.05) is 12.1 Å². The number of nitrogens with zero attached hydrogens (tertiary/aromatic N) is 3. The highest BCUT2D eigenvalue weighted by Gasteiger charge is 2.03. The average Bonchev–Trinajstić information content (AvgIpc) is 2.58. The number of hydrogen-bond acceptors (Lipinski definition) is 3. The first-order chi connectivity index (χ1) is 11.5. The molecule has 2 rings (SSSR count). The maximum absolute atomic E-state index is 5.97. The smallest absolute Gasteiger partial charge is 0.193 e. The van der Waals surface area contributed by atoms with E-state index in [0.29, 0.717) is 12.5 Å². The minimum atomic E-state index is 0.408. The second kappa shape index (κ2) is 8.34. The molecule has 0 saturated carbocycles. The van der Waals surface area contributed by atoms with Gasteiger partial charge in [0.15, 0.2) is 5.96 Å². The lowest BCUT2D eigenvalue weighted by Gasteiger charge is -2.19. The highest BCUT2D eigenvalue weighted by molar-refractivity contribution is 5.92. The number of benzene rings is 1. The Labute approximate surface area is 144 Å². The van der Waals surface area contributed by atoms with Crippen LogP contribution < -0.4 is 16.0 Å². The fourth-order valence-corrected chi connectivity index (χ4v) is 2.43. The molecule has 0 radical (unpaired) electrons. The summed E-state index contributed by atoms with van der Waals surface area (Å²) in [4.78, 5) is 11.1. The van der Waals surface area contributed by atoms with Crippen molar-refractivity contribution in [1.82, 2.24) is 4.98 Å². The second-order valence-electron chi connectivity index (χ2n) is 5.82. The quantitative estimate of drug-likeness (QED) is 0.630. The van der Waals surface area contributed by atoms with Gasteiger partial charge in [0.25, 0.3) is 0 Å². The fraction of sp³-hybridized carbons (Fsp3) is 0.368. The Balaban J connectivity index is 1.97. The van der Waals surface area contributed by atoms with E-state index < -0.39 is 0 Å². The molecule has 0 unspecified atom stereocenters. The maximum atomic E-state index is 5.97. The van der Waals surface area contributed by atoms with E-state index in [4.69, 9.17) is 5.73 Å². The molecule has 1 heterocycles. The highest BCUT2D eigenvalue weighted by atomic mass is 15.2. The van der Waals surface area contributed by atoms with Crippen molar-refractivity contribution in [2.75, 3.05) is 23.3 Å². The van der Waals surface area contributed by atoms with E-state index in [9.17, 15) is 0 Å². The van der Waals surface area contributed by atoms with E-state index in [2.05, 4.69) is 60.0 Å². The summed E-state index contributed by atoms with van der Waals surface area (Å²) < 4.78 is 0. The molecule has 0 fully saturated rings. The first-order valence-electron chi connectivity index (χ1n) is 8.37. The standard InChI is InChI=1S/C19H27N5/c1-5-24(6-2)18-10-8-16(12-21-18)13-22-19(20)23-17-9-7-14(3)15(4)11-17/h7-12H,5-6,13H2,1-4H3,(H3,20,22,23). The molecule has 5 heteroatoms. The SMILES string of the molecule is CCN(CC)c1ccc(CN=C(N)Nc2ccc(C)c(C)c2)cn1. The van der Waals surface area contributed by atoms with Gasteiger partial charge in [-0.15, -0.1) is 0 Å². The number of pyridine rings is 1. The van der Waals surface area contributed by atoms with Gasteiger partial charge < -0.3 is 16.0 Å². The van der Waals surface area contributed by atoms with Crippen LogP contribution in [-0.4, -0.2) is 24.0 Å². The average molecular weight is 325 g/mol. The maximum Gasteiger partial charge on any atom is 0.193 e. The Kier molecular flexibility index (Phi) is 6.18. The Bertz CT molecular complexity index is 687. The van der Waals surface area contributed by atoms with Gasteiger partial charge in [-0.2, -0.15) is 0 Å². The number of rotatable bonds is 6. The highest BCUT2D eigenvalue weighted by Crippen LogP contribution is 2.14. The first kappa shape index (κ1) is 17.8. The summed E-state index contributed by atoms with van der Waals surface area (Å²) in [5.41, 5.74) is 10.4. The summed E-state index contributed by atoms with van der Waals surface area (Å²) in [5.74, 6) is 1.40. The molecule has 0 aliphatic carbocycles. The second-order valence-corrected chi connectivity index (χ2v) is 5.82. The summed E-state index contributed by atoms with van der Waals surface area (Å²) >= 11 is 0. The van der Waals surface area contributed by atoms with Crippen molar-refractivity contribution in [3.63, 3.8) is 0 Å². The molecule has 1 aromatic carbocycles. The van der Waals surface area contributed by atoms with Gasteiger partial charge in [0.05, 0.1) is 6.54 Å². The predicted octanol–water partition coefficient (Wildman–Crippen LogP) is 3.47. The molecule has 128 valence electrons. The summed E-state index contributed by atoms with van der Waals surface area (Å²) in [6.45, 7) is 10.8. The van der Waals surface area contributed by atoms with Gasteiger partial charge in [-0.25, -0.2) is 9.98 Å². The van der Waals surface area contributed by atoms with Crippen LogP contribution in [0.2, 0.25) is 0 Å². The molecule has 0 saturated heterocycles. The number of aromatic nitrogens is 1. The third kappa shape index (κ3) is 4.72. The number of anilines is 2. The third-order valence-corrected chi connectivity index (χ3v) is 4.11. The monoisotopic (exact) mass is 325 g/mol. The molecular weight excluding hydrogens is 298 g/mol. The predicted molar refractivity (Wildman–Crippen MR) is 103 cm³/mol. The van der Waals surface area contributed by atoms with E-state index in [1.807, 2.05) is 24.4 Å². The van der Waals surface area contributed by atoms with Crippen LogP contribution in [0.3, 0.4) is 0 Å². The summed E-state index contributed by atoms with van der Waals surface area (Å²) in [6.07, 6.45) is 1.86. The number of nitrogens with one attached hydrogen (secondary N) is 1. The topological polar surface area (TPSA) is 66.5 Å². The van der Waals surface area contributed by atoms with Crippen molar-refractivity contribution in [2.45, 2.75) is 34.2 Å². The number of guanidine groups is 1. The lowest BCUT2D eigenvalue weighted by molar-refractivity contribution is 0.843. The van der Waals surface area contributed by atoms with Gasteiger partial charge >= 0.3 is 0 Å². The Morgan fingerprint density at radius 2 is 1.88 bits per heavy atom. The molecule has 2 aromatic rings. The van der Waals surface area contributed by atoms with Crippen molar-refractivity contribution in [1.29, 1.82) is 0 Å². The van der Waals surface area contributed by atoms with Crippen LogP contribution in [-0.2, 0) is 6.54 Å². The number of aliphatic imine (C=N–C) groups is 1. The van der Waals surface area contributed by atoms with Crippen LogP contribution in [0.5, 0.6) is 0 Å². The molecule has 0 atom stereocenters. The zero-order valence-corrected chi connectivity index (χ0v) is 15.0. The number of aryl methyl sites for hydroxylation is 2. The minimum absolute atomic E-state index is 0.408. The van der Waals surface area contributed by atoms with Crippen LogP contribution in [0.4, 0.5) is 11.5 Å². The normalized spacial score (nSPS) is 11.4. The van der Waals surface area contributed by atoms with Crippen molar-refractivity contribution in [2.24, 2.45) is 10.7 Å². The van der Waals surface area contributed by atoms with E-state index in [0.717, 1.165) is 30.2 Å². The van der Waals surface area contributed by atoms with Crippen molar-refractivity contribution in [3.05, 3.63) is 53.2 Å². The molecule has 1 aromatic heterocycles. The van der Waals surface area contributed by atoms with Crippen molar-refractivity contribution < 1.29 is 0 Å². The first-order valence-corrected chi connectivity index (χ1v) is 8.37. The zero-order valence-electron chi connectivity index (χ0n) is 15.0. The van der Waals surface area contributed by atoms with Crippen LogP contribution in [0.15, 0.2) is 41.5 Å². The van der Waals surface area contributed by atoms with E-state index in [-0.39, 0.29) is 0 Å². The van der Waals surface area contributed by atoms with Crippen molar-refractivity contribution in [3.8, 4) is 0 Å². The molecule has 3 N–H and O–H groups in total. The van der Waals surface area contributed by atoms with Crippen LogP contribution in [0.1, 0.15) is 30.5 Å². The third-order valence-electron chi connectivity index (χ3n) is 4.11. The van der Waals surface area contributed by atoms with Crippen LogP contribution >= 0.6 is 0 Å². The minimum Gasteiger partial charge on any atom is -0.370 e. The van der Waals surface area contributed by atoms with Crippen molar-refractivity contribution >= 4 is 17.5 Å². The fourth-order valence-electron chi connectivity index (χ4n) is 2.43. The largest absolute Gasteiger partial charge is 0.370 e. The Morgan fingerprint density at radius 1 is 1.12 bits per heavy atom. The van der Waals surface area contributed by atoms with E-state index in [1.165, 1.54) is 11.1 Å². The van der Waals surface area contributed by atoms with E-state index in [1.54, 1.807) is 0 Å². The molecule has 0 bridgehead atoms. The van der Waals surface area contributed by atoms with Gasteiger partial charge in [-0.05, 0) is 62.6 Å². The van der Waals surface area contributed by atoms with Crippen LogP contribution in [0, 0.1) is 13.8 Å². The molecule has 0 aliphatic rings. The van der Waals surface area contributed by atoms with Gasteiger partial charge in [-0.3, -0.25) is 0 Å². The lowest BCUT2D eigenvalue weighted by atomic mass is 10.1. The number of hydrogen-bond donors (Lipinski definition) is 2. The van der Waals surface area contributed by atoms with Crippen LogP contribution in [0.25, 0.3) is 0 Å². The lowest BCUT2D eigenvalue weighted by Crippen LogP contribution is -2.23. The summed E-state index contributed by atoms with van der Waals surface area (Å²) in [6, 6.07) is 10.2. The molecule has 0 amide bonds. The Morgan fingerprint density at radius 3 is 2.46 bits per heavy atom.